The molecule has 0 unspecified atom stereocenters. The molecule has 2 aliphatic rings. The van der Waals surface area contributed by atoms with Crippen molar-refractivity contribution >= 4 is 40.8 Å². The number of nitrogen functional groups attached to an aromatic ring is 1. The number of hydrogen-bond acceptors (Lipinski definition) is 9. The molecular weight excluding hydrogens is 446 g/mol. The molecule has 5 heterocycles. The average molecular weight is 466 g/mol. The van der Waals surface area contributed by atoms with E-state index in [-0.39, 0.29) is 5.41 Å². The van der Waals surface area contributed by atoms with E-state index in [4.69, 9.17) is 22.3 Å². The first-order chi connectivity index (χ1) is 15.6. The van der Waals surface area contributed by atoms with E-state index < -0.39 is 0 Å². The van der Waals surface area contributed by atoms with Crippen molar-refractivity contribution in [1.29, 1.82) is 0 Å². The number of pyridine rings is 1. The van der Waals surface area contributed by atoms with Gasteiger partial charge in [0.25, 0.3) is 0 Å². The Morgan fingerprint density at radius 2 is 1.72 bits per heavy atom. The number of aromatic nitrogens is 7. The van der Waals surface area contributed by atoms with Gasteiger partial charge in [-0.1, -0.05) is 23.4 Å². The van der Waals surface area contributed by atoms with Gasteiger partial charge in [-0.2, -0.15) is 0 Å². The van der Waals surface area contributed by atoms with Crippen LogP contribution >= 0.6 is 23.4 Å². The van der Waals surface area contributed by atoms with Gasteiger partial charge < -0.3 is 10.6 Å². The summed E-state index contributed by atoms with van der Waals surface area (Å²) in [5.74, 6) is 1.16. The second-order valence-electron chi connectivity index (χ2n) is 8.35. The van der Waals surface area contributed by atoms with Gasteiger partial charge in [-0.15, -0.1) is 10.2 Å². The molecule has 6 rings (SSSR count). The molecule has 0 saturated carbocycles. The summed E-state index contributed by atoms with van der Waals surface area (Å²) in [4.78, 5) is 21.9. The van der Waals surface area contributed by atoms with Crippen molar-refractivity contribution in [1.82, 2.24) is 34.5 Å². The molecule has 0 atom stereocenters. The van der Waals surface area contributed by atoms with Gasteiger partial charge in [-0.3, -0.25) is 9.97 Å². The van der Waals surface area contributed by atoms with Crippen LogP contribution in [0.25, 0.3) is 5.65 Å². The van der Waals surface area contributed by atoms with E-state index in [1.165, 1.54) is 11.8 Å². The Hall–Kier alpha value is -2.98. The summed E-state index contributed by atoms with van der Waals surface area (Å²) in [5.41, 5.74) is 9.18. The Balaban J connectivity index is 1.24. The van der Waals surface area contributed by atoms with Crippen molar-refractivity contribution in [3.05, 3.63) is 53.6 Å². The van der Waals surface area contributed by atoms with E-state index in [1.807, 2.05) is 16.7 Å². The highest BCUT2D eigenvalue weighted by Crippen LogP contribution is 2.44. The first kappa shape index (κ1) is 19.7. The third-order valence-electron chi connectivity index (χ3n) is 6.43. The van der Waals surface area contributed by atoms with Gasteiger partial charge in [0.05, 0.1) is 21.3 Å². The fourth-order valence-corrected chi connectivity index (χ4v) is 5.85. The van der Waals surface area contributed by atoms with E-state index in [9.17, 15) is 0 Å². The van der Waals surface area contributed by atoms with Crippen molar-refractivity contribution in [3.8, 4) is 0 Å². The van der Waals surface area contributed by atoms with Crippen LogP contribution in [0.15, 0.2) is 47.0 Å². The predicted molar refractivity (Wildman–Crippen MR) is 122 cm³/mol. The van der Waals surface area contributed by atoms with Crippen molar-refractivity contribution in [2.45, 2.75) is 35.5 Å². The van der Waals surface area contributed by atoms with E-state index in [2.05, 4.69) is 30.0 Å². The Morgan fingerprint density at radius 1 is 0.969 bits per heavy atom. The van der Waals surface area contributed by atoms with Crippen molar-refractivity contribution in [2.75, 3.05) is 23.7 Å². The normalized spacial score (nSPS) is 17.2. The third kappa shape index (κ3) is 3.25. The fourth-order valence-electron chi connectivity index (χ4n) is 4.73. The van der Waals surface area contributed by atoms with Gasteiger partial charge >= 0.3 is 0 Å². The van der Waals surface area contributed by atoms with Crippen LogP contribution in [0.4, 0.5) is 11.8 Å². The van der Waals surface area contributed by atoms with E-state index in [1.54, 1.807) is 24.9 Å². The number of nitrogens with two attached hydrogens (primary N) is 1. The first-order valence-corrected chi connectivity index (χ1v) is 11.6. The zero-order valence-corrected chi connectivity index (χ0v) is 18.7. The highest BCUT2D eigenvalue weighted by atomic mass is 35.5. The molecule has 0 amide bonds. The number of fused-ring (bicyclic) bond motifs is 2. The summed E-state index contributed by atoms with van der Waals surface area (Å²) in [6.07, 6.45) is 13.0. The molecular formula is C21H20ClN9S. The summed E-state index contributed by atoms with van der Waals surface area (Å²) >= 11 is 7.78. The molecule has 9 nitrogen and oxygen atoms in total. The molecule has 162 valence electrons. The van der Waals surface area contributed by atoms with Gasteiger partial charge in [0.1, 0.15) is 12.1 Å². The SMILES string of the molecule is Nc1nccc(Sc2cnc(N3CCC4(CC3)Cc3nccnc3C4)n3cnnc23)c1Cl. The zero-order chi connectivity index (χ0) is 21.7. The van der Waals surface area contributed by atoms with E-state index in [0.717, 1.165) is 71.5 Å². The Bertz CT molecular complexity index is 1290. The van der Waals surface area contributed by atoms with E-state index in [0.29, 0.717) is 10.8 Å². The van der Waals surface area contributed by atoms with Crippen LogP contribution in [0.3, 0.4) is 0 Å². The molecule has 32 heavy (non-hydrogen) atoms. The minimum Gasteiger partial charge on any atom is -0.382 e. The molecule has 0 bridgehead atoms. The topological polar surface area (TPSA) is 111 Å². The van der Waals surface area contributed by atoms with Gasteiger partial charge in [0.15, 0.2) is 5.65 Å². The third-order valence-corrected chi connectivity index (χ3v) is 8.01. The maximum atomic E-state index is 6.33. The molecule has 4 aromatic rings. The lowest BCUT2D eigenvalue weighted by Gasteiger charge is -2.39. The standard InChI is InChI=1S/C21H20ClN9S/c22-17-15(1-4-26-18(17)23)32-16-11-27-20(31-12-28-29-19(16)31)30-7-2-21(3-8-30)9-13-14(10-21)25-6-5-24-13/h1,4-6,11-12H,2-3,7-10H2,(H2,23,26). The Morgan fingerprint density at radius 3 is 2.47 bits per heavy atom. The van der Waals surface area contributed by atoms with Gasteiger partial charge in [0, 0.05) is 42.8 Å². The van der Waals surface area contributed by atoms with Gasteiger partial charge in [-0.05, 0) is 37.2 Å². The number of anilines is 2. The van der Waals surface area contributed by atoms with Crippen molar-refractivity contribution < 1.29 is 0 Å². The molecule has 0 radical (unpaired) electrons. The smallest absolute Gasteiger partial charge is 0.212 e. The lowest BCUT2D eigenvalue weighted by Crippen LogP contribution is -2.41. The molecule has 1 fully saturated rings. The van der Waals surface area contributed by atoms with Crippen molar-refractivity contribution in [2.24, 2.45) is 5.41 Å². The largest absolute Gasteiger partial charge is 0.382 e. The van der Waals surface area contributed by atoms with Crippen LogP contribution < -0.4 is 10.6 Å². The van der Waals surface area contributed by atoms with Crippen LogP contribution in [0, 0.1) is 5.41 Å². The summed E-state index contributed by atoms with van der Waals surface area (Å²) in [5, 5.41) is 8.92. The zero-order valence-electron chi connectivity index (χ0n) is 17.1. The Kier molecular flexibility index (Phi) is 4.65. The minimum absolute atomic E-state index is 0.264. The second-order valence-corrected chi connectivity index (χ2v) is 9.81. The minimum atomic E-state index is 0.264. The van der Waals surface area contributed by atoms with Crippen LogP contribution in [0.2, 0.25) is 5.02 Å². The highest BCUT2D eigenvalue weighted by molar-refractivity contribution is 7.99. The second kappa shape index (κ2) is 7.56. The quantitative estimate of drug-likeness (QED) is 0.487. The van der Waals surface area contributed by atoms with Crippen LogP contribution in [0.1, 0.15) is 24.2 Å². The fraction of sp³-hybridized carbons (Fsp3) is 0.333. The Labute approximate surface area is 193 Å². The van der Waals surface area contributed by atoms with Gasteiger partial charge in [0.2, 0.25) is 5.95 Å². The summed E-state index contributed by atoms with van der Waals surface area (Å²) in [6.45, 7) is 1.85. The monoisotopic (exact) mass is 465 g/mol. The molecule has 4 aromatic heterocycles. The van der Waals surface area contributed by atoms with Crippen LogP contribution in [-0.2, 0) is 12.8 Å². The lowest BCUT2D eigenvalue weighted by molar-refractivity contribution is 0.229. The van der Waals surface area contributed by atoms with Gasteiger partial charge in [-0.25, -0.2) is 14.4 Å². The number of hydrogen-bond donors (Lipinski definition) is 1. The summed E-state index contributed by atoms with van der Waals surface area (Å²) < 4.78 is 1.95. The number of piperidine rings is 1. The first-order valence-electron chi connectivity index (χ1n) is 10.4. The molecule has 2 N–H and O–H groups in total. The summed E-state index contributed by atoms with van der Waals surface area (Å²) in [6, 6.07) is 1.83. The molecule has 11 heteroatoms. The molecule has 1 aliphatic heterocycles. The molecule has 1 aliphatic carbocycles. The molecule has 1 spiro atoms. The van der Waals surface area contributed by atoms with Crippen LogP contribution in [-0.4, -0.2) is 47.6 Å². The van der Waals surface area contributed by atoms with Crippen molar-refractivity contribution in [3.63, 3.8) is 0 Å². The van der Waals surface area contributed by atoms with E-state index >= 15 is 0 Å². The summed E-state index contributed by atoms with van der Waals surface area (Å²) in [7, 11) is 0. The average Bonchev–Trinajstić information content (AvgIpc) is 3.43. The molecule has 1 saturated heterocycles. The highest BCUT2D eigenvalue weighted by Gasteiger charge is 2.41. The predicted octanol–water partition coefficient (Wildman–Crippen LogP) is 3.08. The van der Waals surface area contributed by atoms with Crippen LogP contribution in [0.5, 0.6) is 0 Å². The maximum Gasteiger partial charge on any atom is 0.212 e. The number of nitrogens with zero attached hydrogens (tertiary/aromatic N) is 8. The molecule has 0 aromatic carbocycles. The maximum absolute atomic E-state index is 6.33. The lowest BCUT2D eigenvalue weighted by atomic mass is 9.76. The number of rotatable bonds is 3. The number of halogens is 1.